The Balaban J connectivity index is 1.75. The summed E-state index contributed by atoms with van der Waals surface area (Å²) in [5.41, 5.74) is 8.24. The molecule has 3 rings (SSSR count). The van der Waals surface area contributed by atoms with Crippen LogP contribution in [0.4, 0.5) is 5.69 Å². The summed E-state index contributed by atoms with van der Waals surface area (Å²) in [7, 11) is 0. The minimum Gasteiger partial charge on any atom is -0.330 e. The van der Waals surface area contributed by atoms with Crippen LogP contribution in [-0.2, 0) is 11.2 Å². The van der Waals surface area contributed by atoms with Crippen molar-refractivity contribution in [2.75, 3.05) is 18.0 Å². The van der Waals surface area contributed by atoms with Gasteiger partial charge in [0.1, 0.15) is 0 Å². The van der Waals surface area contributed by atoms with Crippen molar-refractivity contribution in [1.29, 1.82) is 0 Å². The van der Waals surface area contributed by atoms with E-state index in [1.54, 1.807) is 0 Å². The number of hydrogen-bond acceptors (Lipinski definition) is 2. The van der Waals surface area contributed by atoms with Gasteiger partial charge < -0.3 is 10.6 Å². The van der Waals surface area contributed by atoms with Crippen molar-refractivity contribution >= 4 is 11.6 Å². The summed E-state index contributed by atoms with van der Waals surface area (Å²) in [5.74, 6) is 1.18. The predicted molar refractivity (Wildman–Crippen MR) is 86.2 cm³/mol. The fraction of sp³-hybridized carbons (Fsp3) is 0.611. The van der Waals surface area contributed by atoms with Gasteiger partial charge in [-0.25, -0.2) is 0 Å². The second-order valence-corrected chi connectivity index (χ2v) is 6.53. The van der Waals surface area contributed by atoms with Crippen LogP contribution in [-0.4, -0.2) is 19.0 Å². The molecular weight excluding hydrogens is 260 g/mol. The lowest BCUT2D eigenvalue weighted by Gasteiger charge is -2.32. The van der Waals surface area contributed by atoms with Crippen LogP contribution >= 0.6 is 0 Å². The SMILES string of the molecule is NCC1CCC(C(=O)N2CCCCc3ccccc32)CC1. The minimum atomic E-state index is 0.207. The Bertz CT molecular complexity index is 492. The van der Waals surface area contributed by atoms with Crippen molar-refractivity contribution < 1.29 is 4.79 Å². The van der Waals surface area contributed by atoms with Gasteiger partial charge in [-0.05, 0) is 69.0 Å². The molecule has 0 bridgehead atoms. The molecule has 3 nitrogen and oxygen atoms in total. The number of benzene rings is 1. The summed E-state index contributed by atoms with van der Waals surface area (Å²) < 4.78 is 0. The van der Waals surface area contributed by atoms with E-state index in [0.717, 1.165) is 57.3 Å². The average Bonchev–Trinajstić information content (AvgIpc) is 2.77. The van der Waals surface area contributed by atoms with Crippen molar-refractivity contribution in [2.24, 2.45) is 17.6 Å². The third-order valence-corrected chi connectivity index (χ3v) is 5.16. The first-order valence-corrected chi connectivity index (χ1v) is 8.39. The second kappa shape index (κ2) is 6.61. The van der Waals surface area contributed by atoms with Crippen molar-refractivity contribution in [1.82, 2.24) is 0 Å². The van der Waals surface area contributed by atoms with Gasteiger partial charge in [0.2, 0.25) is 5.91 Å². The molecule has 0 aromatic heterocycles. The molecule has 0 unspecified atom stereocenters. The molecule has 1 aliphatic heterocycles. The Labute approximate surface area is 127 Å². The number of carbonyl (C=O) groups is 1. The summed E-state index contributed by atoms with van der Waals surface area (Å²) >= 11 is 0. The van der Waals surface area contributed by atoms with E-state index in [2.05, 4.69) is 29.2 Å². The standard InChI is InChI=1S/C18H26N2O/c19-13-14-8-10-16(11-9-14)18(21)20-12-4-3-6-15-5-1-2-7-17(15)20/h1-2,5,7,14,16H,3-4,6,8-13,19H2. The smallest absolute Gasteiger partial charge is 0.230 e. The normalized spacial score (nSPS) is 26.0. The molecule has 2 aliphatic rings. The molecular formula is C18H26N2O. The number of para-hydroxylation sites is 1. The molecule has 114 valence electrons. The average molecular weight is 286 g/mol. The summed E-state index contributed by atoms with van der Waals surface area (Å²) in [5, 5.41) is 0. The molecule has 1 aliphatic carbocycles. The number of rotatable bonds is 2. The first-order chi connectivity index (χ1) is 10.3. The lowest BCUT2D eigenvalue weighted by molar-refractivity contribution is -0.123. The monoisotopic (exact) mass is 286 g/mol. The van der Waals surface area contributed by atoms with Crippen molar-refractivity contribution in [3.63, 3.8) is 0 Å². The number of nitrogens with zero attached hydrogens (tertiary/aromatic N) is 1. The summed E-state index contributed by atoms with van der Waals surface area (Å²) in [6.45, 7) is 1.65. The largest absolute Gasteiger partial charge is 0.330 e. The zero-order chi connectivity index (χ0) is 14.7. The molecule has 1 aromatic rings. The highest BCUT2D eigenvalue weighted by Crippen LogP contribution is 2.33. The topological polar surface area (TPSA) is 46.3 Å². The maximum Gasteiger partial charge on any atom is 0.230 e. The van der Waals surface area contributed by atoms with E-state index in [1.165, 1.54) is 12.0 Å². The molecule has 1 saturated carbocycles. The van der Waals surface area contributed by atoms with Gasteiger partial charge in [-0.15, -0.1) is 0 Å². The Morgan fingerprint density at radius 1 is 1.14 bits per heavy atom. The van der Waals surface area contributed by atoms with Crippen LogP contribution in [0.2, 0.25) is 0 Å². The van der Waals surface area contributed by atoms with Gasteiger partial charge >= 0.3 is 0 Å². The van der Waals surface area contributed by atoms with Crippen LogP contribution < -0.4 is 10.6 Å². The van der Waals surface area contributed by atoms with E-state index in [-0.39, 0.29) is 5.92 Å². The minimum absolute atomic E-state index is 0.207. The van der Waals surface area contributed by atoms with E-state index >= 15 is 0 Å². The van der Waals surface area contributed by atoms with Gasteiger partial charge in [-0.3, -0.25) is 4.79 Å². The van der Waals surface area contributed by atoms with Gasteiger partial charge in [0.15, 0.2) is 0 Å². The molecule has 0 atom stereocenters. The Morgan fingerprint density at radius 3 is 2.67 bits per heavy atom. The number of fused-ring (bicyclic) bond motifs is 1. The highest BCUT2D eigenvalue weighted by molar-refractivity contribution is 5.96. The van der Waals surface area contributed by atoms with E-state index in [9.17, 15) is 4.79 Å². The molecule has 0 saturated heterocycles. The van der Waals surface area contributed by atoms with Crippen LogP contribution in [0.3, 0.4) is 0 Å². The van der Waals surface area contributed by atoms with Crippen molar-refractivity contribution in [3.05, 3.63) is 29.8 Å². The lowest BCUT2D eigenvalue weighted by Crippen LogP contribution is -2.39. The molecule has 1 heterocycles. The number of amides is 1. The summed E-state index contributed by atoms with van der Waals surface area (Å²) in [4.78, 5) is 15.0. The Hall–Kier alpha value is -1.35. The van der Waals surface area contributed by atoms with Gasteiger partial charge in [0.25, 0.3) is 0 Å². The van der Waals surface area contributed by atoms with Crippen LogP contribution in [0.1, 0.15) is 44.1 Å². The number of hydrogen-bond donors (Lipinski definition) is 1. The summed E-state index contributed by atoms with van der Waals surface area (Å²) in [6.07, 6.45) is 7.64. The van der Waals surface area contributed by atoms with Crippen molar-refractivity contribution in [3.8, 4) is 0 Å². The zero-order valence-electron chi connectivity index (χ0n) is 12.8. The highest BCUT2D eigenvalue weighted by atomic mass is 16.2. The molecule has 1 amide bonds. The van der Waals surface area contributed by atoms with Crippen molar-refractivity contribution in [2.45, 2.75) is 44.9 Å². The molecule has 1 aromatic carbocycles. The first-order valence-electron chi connectivity index (χ1n) is 8.39. The van der Waals surface area contributed by atoms with E-state index < -0.39 is 0 Å². The van der Waals surface area contributed by atoms with E-state index in [1.807, 2.05) is 0 Å². The fourth-order valence-electron chi connectivity index (χ4n) is 3.79. The third-order valence-electron chi connectivity index (χ3n) is 5.16. The second-order valence-electron chi connectivity index (χ2n) is 6.53. The highest BCUT2D eigenvalue weighted by Gasteiger charge is 2.30. The van der Waals surface area contributed by atoms with Crippen LogP contribution in [0, 0.1) is 11.8 Å². The third kappa shape index (κ3) is 3.13. The molecule has 0 spiro atoms. The van der Waals surface area contributed by atoms with Crippen LogP contribution in [0.25, 0.3) is 0 Å². The number of nitrogens with two attached hydrogens (primary N) is 1. The van der Waals surface area contributed by atoms with Gasteiger partial charge in [0.05, 0.1) is 0 Å². The van der Waals surface area contributed by atoms with Gasteiger partial charge in [-0.2, -0.15) is 0 Å². The first kappa shape index (κ1) is 14.6. The molecule has 1 fully saturated rings. The number of aryl methyl sites for hydroxylation is 1. The van der Waals surface area contributed by atoms with E-state index in [4.69, 9.17) is 5.73 Å². The Morgan fingerprint density at radius 2 is 1.90 bits per heavy atom. The van der Waals surface area contributed by atoms with E-state index in [0.29, 0.717) is 11.8 Å². The molecule has 2 N–H and O–H groups in total. The summed E-state index contributed by atoms with van der Waals surface area (Å²) in [6, 6.07) is 8.42. The van der Waals surface area contributed by atoms with Crippen LogP contribution in [0.5, 0.6) is 0 Å². The lowest BCUT2D eigenvalue weighted by atomic mass is 9.81. The number of anilines is 1. The van der Waals surface area contributed by atoms with Gasteiger partial charge in [0, 0.05) is 18.2 Å². The molecule has 3 heteroatoms. The predicted octanol–water partition coefficient (Wildman–Crippen LogP) is 3.12. The fourth-order valence-corrected chi connectivity index (χ4v) is 3.79. The maximum atomic E-state index is 13.0. The molecule has 21 heavy (non-hydrogen) atoms. The molecule has 0 radical (unpaired) electrons. The quantitative estimate of drug-likeness (QED) is 0.908. The Kier molecular flexibility index (Phi) is 4.59. The zero-order valence-corrected chi connectivity index (χ0v) is 12.8. The van der Waals surface area contributed by atoms with Gasteiger partial charge in [-0.1, -0.05) is 18.2 Å². The maximum absolute atomic E-state index is 13.0. The number of carbonyl (C=O) groups excluding carboxylic acids is 1. The van der Waals surface area contributed by atoms with Crippen LogP contribution in [0.15, 0.2) is 24.3 Å².